The molecular formula is C28H25F8N3O2. The number of ether oxygens (including phenoxy) is 1. The molecule has 0 saturated carbocycles. The number of carbonyl (C=O) groups excluding carboxylic acids is 1. The molecule has 1 fully saturated rings. The van der Waals surface area contributed by atoms with E-state index >= 15 is 0 Å². The van der Waals surface area contributed by atoms with Gasteiger partial charge in [0.15, 0.2) is 0 Å². The highest BCUT2D eigenvalue weighted by molar-refractivity contribution is 6.00. The van der Waals surface area contributed by atoms with Crippen LogP contribution in [-0.4, -0.2) is 23.3 Å². The van der Waals surface area contributed by atoms with E-state index in [9.17, 15) is 39.9 Å². The Kier molecular flexibility index (Phi) is 7.80. The van der Waals surface area contributed by atoms with Crippen molar-refractivity contribution in [3.63, 3.8) is 0 Å². The summed E-state index contributed by atoms with van der Waals surface area (Å²) in [6, 6.07) is 10.4. The van der Waals surface area contributed by atoms with Crippen LogP contribution in [0.3, 0.4) is 0 Å². The predicted octanol–water partition coefficient (Wildman–Crippen LogP) is 7.48. The molecule has 0 radical (unpaired) electrons. The van der Waals surface area contributed by atoms with Gasteiger partial charge in [0.25, 0.3) is 5.92 Å². The number of hydrogen-bond acceptors (Lipinski definition) is 4. The predicted molar refractivity (Wildman–Crippen MR) is 133 cm³/mol. The molecule has 2 unspecified atom stereocenters. The van der Waals surface area contributed by atoms with E-state index < -0.39 is 53.4 Å². The van der Waals surface area contributed by atoms with Gasteiger partial charge in [0.1, 0.15) is 11.4 Å². The number of benzene rings is 2. The third kappa shape index (κ3) is 6.95. The summed E-state index contributed by atoms with van der Waals surface area (Å²) in [5.41, 5.74) is -1.50. The zero-order valence-electron chi connectivity index (χ0n) is 21.9. The van der Waals surface area contributed by atoms with E-state index in [2.05, 4.69) is 15.0 Å². The largest absolute Gasteiger partial charge is 0.573 e. The molecule has 1 aliphatic rings. The van der Waals surface area contributed by atoms with Gasteiger partial charge in [-0.25, -0.2) is 8.78 Å². The van der Waals surface area contributed by atoms with E-state index in [0.717, 1.165) is 31.3 Å². The second kappa shape index (κ2) is 10.6. The number of pyridine rings is 1. The third-order valence-electron chi connectivity index (χ3n) is 6.74. The molecule has 1 N–H and O–H groups in total. The van der Waals surface area contributed by atoms with Gasteiger partial charge in [0, 0.05) is 29.9 Å². The fraction of sp³-hybridized carbons (Fsp3) is 0.357. The molecule has 1 aromatic heterocycles. The second-order valence-electron chi connectivity index (χ2n) is 10.3. The lowest BCUT2D eigenvalue weighted by Gasteiger charge is -2.30. The topological polar surface area (TPSA) is 54.5 Å². The number of aromatic nitrogens is 1. The van der Waals surface area contributed by atoms with Crippen molar-refractivity contribution in [2.75, 3.05) is 4.90 Å². The van der Waals surface area contributed by atoms with Crippen LogP contribution in [0, 0.1) is 0 Å². The Labute approximate surface area is 230 Å². The zero-order chi connectivity index (χ0) is 30.4. The van der Waals surface area contributed by atoms with Crippen molar-refractivity contribution in [3.05, 3.63) is 89.2 Å². The Morgan fingerprint density at radius 2 is 1.54 bits per heavy atom. The maximum absolute atomic E-state index is 14.1. The van der Waals surface area contributed by atoms with Crippen LogP contribution in [0.4, 0.5) is 40.8 Å². The Hall–Kier alpha value is -3.74. The van der Waals surface area contributed by atoms with Crippen LogP contribution in [-0.2, 0) is 22.4 Å². The molecule has 3 aromatic rings. The van der Waals surface area contributed by atoms with Crippen LogP contribution in [0.5, 0.6) is 5.75 Å². The summed E-state index contributed by atoms with van der Waals surface area (Å²) >= 11 is 0. The van der Waals surface area contributed by atoms with Crippen LogP contribution in [0.15, 0.2) is 66.9 Å². The standard InChI is InChI=1S/C28H25F8N3O2/c1-25(2,18-7-12-23(37-15-18)27(31,32)33)38-21-14-22(16-5-4-6-17(13-16)26(3,29)30)39(24(21)40)19-8-10-20(11-9-19)41-28(34,35)36/h4-13,15,21-22,38H,14H2,1-3H3. The average Bonchev–Trinajstić information content (AvgIpc) is 3.18. The number of anilines is 1. The number of carbonyl (C=O) groups is 1. The molecule has 220 valence electrons. The summed E-state index contributed by atoms with van der Waals surface area (Å²) in [5.74, 6) is -4.20. The van der Waals surface area contributed by atoms with E-state index in [-0.39, 0.29) is 17.7 Å². The summed E-state index contributed by atoms with van der Waals surface area (Å²) in [5, 5.41) is 3.13. The van der Waals surface area contributed by atoms with E-state index in [4.69, 9.17) is 0 Å². The molecule has 4 rings (SSSR count). The molecule has 2 aromatic carbocycles. The molecule has 0 aliphatic carbocycles. The highest BCUT2D eigenvalue weighted by Crippen LogP contribution is 2.41. The molecule has 5 nitrogen and oxygen atoms in total. The summed E-state index contributed by atoms with van der Waals surface area (Å²) < 4.78 is 109. The van der Waals surface area contributed by atoms with Gasteiger partial charge in [-0.05, 0) is 67.8 Å². The van der Waals surface area contributed by atoms with Gasteiger partial charge in [-0.1, -0.05) is 24.3 Å². The summed E-state index contributed by atoms with van der Waals surface area (Å²) in [7, 11) is 0. The van der Waals surface area contributed by atoms with Gasteiger partial charge < -0.3 is 9.64 Å². The molecule has 41 heavy (non-hydrogen) atoms. The van der Waals surface area contributed by atoms with E-state index in [1.807, 2.05) is 0 Å². The molecule has 2 atom stereocenters. The first-order valence-electron chi connectivity index (χ1n) is 12.3. The highest BCUT2D eigenvalue weighted by Gasteiger charge is 2.44. The second-order valence-corrected chi connectivity index (χ2v) is 10.3. The highest BCUT2D eigenvalue weighted by atomic mass is 19.4. The van der Waals surface area contributed by atoms with Crippen molar-refractivity contribution in [3.8, 4) is 5.75 Å². The summed E-state index contributed by atoms with van der Waals surface area (Å²) in [6.45, 7) is 4.02. The quantitative estimate of drug-likeness (QED) is 0.291. The van der Waals surface area contributed by atoms with Crippen LogP contribution in [0.2, 0.25) is 0 Å². The van der Waals surface area contributed by atoms with Gasteiger partial charge in [-0.15, -0.1) is 13.2 Å². The van der Waals surface area contributed by atoms with E-state index in [1.165, 1.54) is 41.3 Å². The lowest BCUT2D eigenvalue weighted by molar-refractivity contribution is -0.274. The molecule has 0 bridgehead atoms. The minimum Gasteiger partial charge on any atom is -0.406 e. The number of rotatable bonds is 7. The lowest BCUT2D eigenvalue weighted by atomic mass is 9.93. The maximum atomic E-state index is 14.1. The van der Waals surface area contributed by atoms with E-state index in [1.54, 1.807) is 19.9 Å². The normalized spacial score (nSPS) is 18.6. The number of nitrogens with one attached hydrogen (secondary N) is 1. The number of amides is 1. The third-order valence-corrected chi connectivity index (χ3v) is 6.74. The first-order valence-corrected chi connectivity index (χ1v) is 12.3. The molecule has 2 heterocycles. The van der Waals surface area contributed by atoms with Crippen LogP contribution < -0.4 is 15.0 Å². The molecule has 1 amide bonds. The van der Waals surface area contributed by atoms with E-state index in [0.29, 0.717) is 11.1 Å². The van der Waals surface area contributed by atoms with Crippen molar-refractivity contribution in [2.45, 2.75) is 63.3 Å². The molecule has 1 saturated heterocycles. The monoisotopic (exact) mass is 587 g/mol. The van der Waals surface area contributed by atoms with Crippen LogP contribution in [0.1, 0.15) is 55.6 Å². The van der Waals surface area contributed by atoms with Crippen molar-refractivity contribution in [1.29, 1.82) is 0 Å². The van der Waals surface area contributed by atoms with Gasteiger partial charge in [-0.2, -0.15) is 13.2 Å². The van der Waals surface area contributed by atoms with Crippen LogP contribution in [0.25, 0.3) is 0 Å². The molecule has 0 spiro atoms. The van der Waals surface area contributed by atoms with Crippen LogP contribution >= 0.6 is 0 Å². The number of hydrogen-bond donors (Lipinski definition) is 1. The number of halogens is 8. The maximum Gasteiger partial charge on any atom is 0.573 e. The first kappa shape index (κ1) is 30.2. The lowest BCUT2D eigenvalue weighted by Crippen LogP contribution is -2.47. The molecule has 13 heteroatoms. The Bertz CT molecular complexity index is 1380. The van der Waals surface area contributed by atoms with Gasteiger partial charge in [-0.3, -0.25) is 15.1 Å². The Balaban J connectivity index is 1.68. The smallest absolute Gasteiger partial charge is 0.406 e. The van der Waals surface area contributed by atoms with Crippen molar-refractivity contribution in [2.24, 2.45) is 0 Å². The SMILES string of the molecule is CC(F)(F)c1cccc(C2CC(NC(C)(C)c3ccc(C(F)(F)F)nc3)C(=O)N2c2ccc(OC(F)(F)F)cc2)c1. The average molecular weight is 588 g/mol. The summed E-state index contributed by atoms with van der Waals surface area (Å²) in [6.07, 6.45) is -8.44. The van der Waals surface area contributed by atoms with Gasteiger partial charge in [0.05, 0.1) is 12.1 Å². The van der Waals surface area contributed by atoms with Crippen molar-refractivity contribution < 1.29 is 44.7 Å². The zero-order valence-corrected chi connectivity index (χ0v) is 21.9. The minimum atomic E-state index is -4.92. The van der Waals surface area contributed by atoms with Gasteiger partial charge >= 0.3 is 12.5 Å². The minimum absolute atomic E-state index is 0.0653. The summed E-state index contributed by atoms with van der Waals surface area (Å²) in [4.78, 5) is 18.5. The van der Waals surface area contributed by atoms with Crippen molar-refractivity contribution in [1.82, 2.24) is 10.3 Å². The molecular weight excluding hydrogens is 562 g/mol. The Morgan fingerprint density at radius 1 is 0.878 bits per heavy atom. The van der Waals surface area contributed by atoms with Crippen molar-refractivity contribution >= 4 is 11.6 Å². The number of alkyl halides is 8. The first-order chi connectivity index (χ1) is 18.8. The molecule has 1 aliphatic heterocycles. The van der Waals surface area contributed by atoms with Gasteiger partial charge in [0.2, 0.25) is 5.91 Å². The fourth-order valence-corrected chi connectivity index (χ4v) is 4.74. The number of nitrogens with zero attached hydrogens (tertiary/aromatic N) is 2. The fourth-order valence-electron chi connectivity index (χ4n) is 4.74. The Morgan fingerprint density at radius 3 is 2.07 bits per heavy atom.